The lowest BCUT2D eigenvalue weighted by atomic mass is 9.87. The smallest absolute Gasteiger partial charge is 0.184 e. The molecule has 0 bridgehead atoms. The predicted molar refractivity (Wildman–Crippen MR) is 124 cm³/mol. The van der Waals surface area contributed by atoms with Gasteiger partial charge in [0.1, 0.15) is 22.3 Å². The maximum Gasteiger partial charge on any atom is 0.184 e. The van der Waals surface area contributed by atoms with Crippen LogP contribution in [0, 0.1) is 0 Å². The van der Waals surface area contributed by atoms with E-state index in [1.54, 1.807) is 24.5 Å². The minimum atomic E-state index is -1.54. The summed E-state index contributed by atoms with van der Waals surface area (Å²) in [5.74, 6) is 0.880. The van der Waals surface area contributed by atoms with Gasteiger partial charge in [-0.2, -0.15) is 0 Å². The van der Waals surface area contributed by atoms with Crippen molar-refractivity contribution >= 4 is 28.3 Å². The average Bonchev–Trinajstić information content (AvgIpc) is 3.12. The highest BCUT2D eigenvalue weighted by Gasteiger charge is 2.27. The number of anilines is 1. The summed E-state index contributed by atoms with van der Waals surface area (Å²) in [5, 5.41) is 19.2. The van der Waals surface area contributed by atoms with Crippen molar-refractivity contribution in [2.45, 2.75) is 64.0 Å². The van der Waals surface area contributed by atoms with E-state index in [-0.39, 0.29) is 5.41 Å². The maximum absolute atomic E-state index is 13.0. The number of rotatable bonds is 6. The van der Waals surface area contributed by atoms with Gasteiger partial charge in [0.05, 0.1) is 15.6 Å². The molecule has 31 heavy (non-hydrogen) atoms. The van der Waals surface area contributed by atoms with Crippen molar-refractivity contribution in [1.82, 2.24) is 19.7 Å². The quantitative estimate of drug-likeness (QED) is 0.556. The molecular formula is C22H28ClN5O2S. The van der Waals surface area contributed by atoms with Crippen molar-refractivity contribution in [3.63, 3.8) is 0 Å². The van der Waals surface area contributed by atoms with Crippen LogP contribution in [0.4, 0.5) is 5.69 Å². The molecule has 0 aliphatic rings. The van der Waals surface area contributed by atoms with Gasteiger partial charge in [-0.25, -0.2) is 9.19 Å². The molecule has 0 spiro atoms. The van der Waals surface area contributed by atoms with Crippen LogP contribution in [0.5, 0.6) is 0 Å². The highest BCUT2D eigenvalue weighted by Crippen LogP contribution is 2.31. The van der Waals surface area contributed by atoms with Gasteiger partial charge in [0.15, 0.2) is 11.6 Å². The van der Waals surface area contributed by atoms with Gasteiger partial charge in [-0.1, -0.05) is 44.5 Å². The minimum absolute atomic E-state index is 0.0138. The molecule has 2 aromatic heterocycles. The largest absolute Gasteiger partial charge is 0.382 e. The minimum Gasteiger partial charge on any atom is -0.382 e. The second-order valence-corrected chi connectivity index (χ2v) is 10.5. The third kappa shape index (κ3) is 5.14. The van der Waals surface area contributed by atoms with Crippen LogP contribution >= 0.6 is 11.6 Å². The molecule has 2 heterocycles. The summed E-state index contributed by atoms with van der Waals surface area (Å²) in [4.78, 5) is 5.04. The molecular weight excluding hydrogens is 434 g/mol. The molecule has 3 aromatic rings. The zero-order chi connectivity index (χ0) is 23.0. The lowest BCUT2D eigenvalue weighted by Crippen LogP contribution is -2.22. The number of benzene rings is 1. The second-order valence-electron chi connectivity index (χ2n) is 8.85. The van der Waals surface area contributed by atoms with Crippen molar-refractivity contribution in [3.05, 3.63) is 52.9 Å². The van der Waals surface area contributed by atoms with E-state index in [0.29, 0.717) is 39.5 Å². The van der Waals surface area contributed by atoms with E-state index in [0.717, 1.165) is 5.56 Å². The fourth-order valence-corrected chi connectivity index (χ4v) is 4.18. The summed E-state index contributed by atoms with van der Waals surface area (Å²) in [6.45, 7) is 12.2. The van der Waals surface area contributed by atoms with Crippen molar-refractivity contribution in [2.75, 3.05) is 4.72 Å². The normalized spacial score (nSPS) is 13.3. The fraction of sp³-hybridized carbons (Fsp3) is 0.409. The van der Waals surface area contributed by atoms with E-state index in [4.69, 9.17) is 11.6 Å². The Hall–Kier alpha value is -2.29. The first-order valence-electron chi connectivity index (χ1n) is 10.0. The van der Waals surface area contributed by atoms with Gasteiger partial charge in [-0.3, -0.25) is 4.72 Å². The topological polar surface area (TPSA) is 92.9 Å². The van der Waals surface area contributed by atoms with Crippen LogP contribution in [0.2, 0.25) is 5.02 Å². The molecule has 0 saturated heterocycles. The van der Waals surface area contributed by atoms with Gasteiger partial charge in [0.25, 0.3) is 0 Å². The van der Waals surface area contributed by atoms with E-state index in [1.165, 1.54) is 6.20 Å². The van der Waals surface area contributed by atoms with Gasteiger partial charge in [-0.05, 0) is 49.9 Å². The Morgan fingerprint density at radius 2 is 1.77 bits per heavy atom. The number of halogens is 1. The monoisotopic (exact) mass is 461 g/mol. The molecule has 3 rings (SSSR count). The first kappa shape index (κ1) is 23.4. The molecule has 2 N–H and O–H groups in total. The molecule has 166 valence electrons. The third-order valence-corrected chi connectivity index (χ3v) is 6.13. The number of hydrogen-bond acceptors (Lipinski definition) is 5. The summed E-state index contributed by atoms with van der Waals surface area (Å²) < 4.78 is 17.8. The highest BCUT2D eigenvalue weighted by atomic mass is 35.5. The first-order chi connectivity index (χ1) is 14.4. The second kappa shape index (κ2) is 8.68. The van der Waals surface area contributed by atoms with Gasteiger partial charge < -0.3 is 9.67 Å². The molecule has 0 radical (unpaired) electrons. The Morgan fingerprint density at radius 1 is 1.13 bits per heavy atom. The standard InChI is InChI=1S/C22H28ClN5O2S/c1-7-28-19(25-26-20(28)22(5,6)29)18-17(12-15(23)13-24-18)27-31(30)16-10-8-14(9-11-16)21(2,3)4/h8-13,27,29H,7H2,1-6H3. The number of pyridine rings is 1. The lowest BCUT2D eigenvalue weighted by Gasteiger charge is -2.19. The molecule has 0 aliphatic carbocycles. The molecule has 7 nitrogen and oxygen atoms in total. The Balaban J connectivity index is 1.98. The van der Waals surface area contributed by atoms with Gasteiger partial charge in [-0.15, -0.1) is 10.2 Å². The first-order valence-corrected chi connectivity index (χ1v) is 11.6. The van der Waals surface area contributed by atoms with E-state index < -0.39 is 16.6 Å². The number of nitrogens with zero attached hydrogens (tertiary/aromatic N) is 4. The molecule has 1 aromatic carbocycles. The van der Waals surface area contributed by atoms with E-state index in [9.17, 15) is 9.32 Å². The van der Waals surface area contributed by atoms with Gasteiger partial charge in [0.2, 0.25) is 0 Å². The zero-order valence-electron chi connectivity index (χ0n) is 18.6. The van der Waals surface area contributed by atoms with Crippen LogP contribution < -0.4 is 4.72 Å². The van der Waals surface area contributed by atoms with Gasteiger partial charge in [0, 0.05) is 12.7 Å². The molecule has 0 amide bonds. The molecule has 1 atom stereocenters. The van der Waals surface area contributed by atoms with Crippen molar-refractivity contribution in [2.24, 2.45) is 0 Å². The predicted octanol–water partition coefficient (Wildman–Crippen LogP) is 4.67. The fourth-order valence-electron chi connectivity index (χ4n) is 3.16. The van der Waals surface area contributed by atoms with Gasteiger partial charge >= 0.3 is 0 Å². The maximum atomic E-state index is 13.0. The summed E-state index contributed by atoms with van der Waals surface area (Å²) in [6.07, 6.45) is 1.50. The van der Waals surface area contributed by atoms with Crippen LogP contribution in [-0.2, 0) is 28.5 Å². The summed E-state index contributed by atoms with van der Waals surface area (Å²) in [7, 11) is -1.54. The van der Waals surface area contributed by atoms with Crippen LogP contribution in [0.1, 0.15) is 52.9 Å². The molecule has 9 heteroatoms. The summed E-state index contributed by atoms with van der Waals surface area (Å²) in [5.41, 5.74) is 0.927. The van der Waals surface area contributed by atoms with Crippen molar-refractivity contribution in [3.8, 4) is 11.5 Å². The number of nitrogens with one attached hydrogen (secondary N) is 1. The van der Waals surface area contributed by atoms with Crippen molar-refractivity contribution < 1.29 is 9.32 Å². The highest BCUT2D eigenvalue weighted by molar-refractivity contribution is 7.86. The lowest BCUT2D eigenvalue weighted by molar-refractivity contribution is 0.0646. The zero-order valence-corrected chi connectivity index (χ0v) is 20.2. The SMILES string of the molecule is CCn1c(-c2ncc(Cl)cc2NS(=O)c2ccc(C(C)(C)C)cc2)nnc1C(C)(C)O. The van der Waals surface area contributed by atoms with Crippen LogP contribution in [0.15, 0.2) is 41.4 Å². The van der Waals surface area contributed by atoms with E-state index >= 15 is 0 Å². The Kier molecular flexibility index (Phi) is 6.55. The average molecular weight is 462 g/mol. The Labute approximate surface area is 190 Å². The summed E-state index contributed by atoms with van der Waals surface area (Å²) in [6, 6.07) is 9.32. The van der Waals surface area contributed by atoms with E-state index in [2.05, 4.69) is 40.7 Å². The third-order valence-electron chi connectivity index (χ3n) is 4.82. The number of aromatic nitrogens is 4. The van der Waals surface area contributed by atoms with Crippen LogP contribution in [-0.4, -0.2) is 29.1 Å². The Morgan fingerprint density at radius 3 is 2.32 bits per heavy atom. The molecule has 0 aliphatic heterocycles. The molecule has 0 fully saturated rings. The molecule has 1 unspecified atom stereocenters. The van der Waals surface area contributed by atoms with Crippen LogP contribution in [0.3, 0.4) is 0 Å². The van der Waals surface area contributed by atoms with Crippen LogP contribution in [0.25, 0.3) is 11.5 Å². The summed E-state index contributed by atoms with van der Waals surface area (Å²) >= 11 is 6.17. The Bertz CT molecular complexity index is 1100. The molecule has 0 saturated carbocycles. The number of aliphatic hydroxyl groups is 1. The number of hydrogen-bond donors (Lipinski definition) is 2. The van der Waals surface area contributed by atoms with Crippen molar-refractivity contribution in [1.29, 1.82) is 0 Å². The van der Waals surface area contributed by atoms with E-state index in [1.807, 2.05) is 31.2 Å².